The van der Waals surface area contributed by atoms with Gasteiger partial charge in [0.25, 0.3) is 0 Å². The van der Waals surface area contributed by atoms with Gasteiger partial charge in [-0.05, 0) is 24.8 Å². The molecule has 0 radical (unpaired) electrons. The summed E-state index contributed by atoms with van der Waals surface area (Å²) in [6.07, 6.45) is 9.02. The van der Waals surface area contributed by atoms with E-state index in [1.165, 1.54) is 32.1 Å². The average Bonchev–Trinajstić information content (AvgIpc) is 2.39. The van der Waals surface area contributed by atoms with E-state index in [1.807, 2.05) is 30.3 Å². The Bertz CT molecular complexity index is 380. The monoisotopic (exact) mass is 259 g/mol. The van der Waals surface area contributed by atoms with Gasteiger partial charge in [-0.1, -0.05) is 62.4 Å². The van der Waals surface area contributed by atoms with Gasteiger partial charge >= 0.3 is 0 Å². The molecule has 0 heterocycles. The van der Waals surface area contributed by atoms with Crippen LogP contribution in [0.15, 0.2) is 30.3 Å². The highest BCUT2D eigenvalue weighted by molar-refractivity contribution is 5.86. The van der Waals surface area contributed by atoms with Gasteiger partial charge in [-0.15, -0.1) is 0 Å². The van der Waals surface area contributed by atoms with Gasteiger partial charge in [-0.3, -0.25) is 4.79 Å². The molecule has 1 atom stereocenters. The summed E-state index contributed by atoms with van der Waals surface area (Å²) in [4.78, 5) is 12.4. The van der Waals surface area contributed by atoms with Crippen molar-refractivity contribution in [2.24, 2.45) is 11.7 Å². The van der Waals surface area contributed by atoms with E-state index in [-0.39, 0.29) is 17.7 Å². The third-order valence-corrected chi connectivity index (χ3v) is 4.17. The lowest BCUT2D eigenvalue weighted by atomic mass is 9.84. The van der Waals surface area contributed by atoms with Crippen LogP contribution in [-0.2, 0) is 11.2 Å². The molecule has 1 fully saturated rings. The number of ketones is 1. The van der Waals surface area contributed by atoms with Crippen molar-refractivity contribution in [1.82, 2.24) is 0 Å². The molecule has 0 amide bonds. The van der Waals surface area contributed by atoms with Crippen molar-refractivity contribution < 1.29 is 4.79 Å². The maximum atomic E-state index is 12.4. The van der Waals surface area contributed by atoms with Gasteiger partial charge in [0, 0.05) is 5.92 Å². The number of rotatable bonds is 4. The predicted molar refractivity (Wildman–Crippen MR) is 78.9 cm³/mol. The summed E-state index contributed by atoms with van der Waals surface area (Å²) in [6, 6.07) is 9.76. The van der Waals surface area contributed by atoms with Crippen molar-refractivity contribution in [3.05, 3.63) is 35.9 Å². The number of hydrogen-bond donors (Lipinski definition) is 1. The Morgan fingerprint density at radius 1 is 1.05 bits per heavy atom. The lowest BCUT2D eigenvalue weighted by molar-refractivity contribution is -0.124. The lowest BCUT2D eigenvalue weighted by Gasteiger charge is -2.21. The molecular weight excluding hydrogens is 234 g/mol. The third-order valence-electron chi connectivity index (χ3n) is 4.17. The van der Waals surface area contributed by atoms with Crippen molar-refractivity contribution in [2.45, 2.75) is 57.4 Å². The van der Waals surface area contributed by atoms with Crippen molar-refractivity contribution in [1.29, 1.82) is 0 Å². The van der Waals surface area contributed by atoms with Crippen molar-refractivity contribution in [3.63, 3.8) is 0 Å². The highest BCUT2D eigenvalue weighted by atomic mass is 16.1. The summed E-state index contributed by atoms with van der Waals surface area (Å²) < 4.78 is 0. The summed E-state index contributed by atoms with van der Waals surface area (Å²) >= 11 is 0. The maximum Gasteiger partial charge on any atom is 0.152 e. The molecule has 2 rings (SSSR count). The number of nitrogens with two attached hydrogens (primary N) is 1. The molecule has 1 unspecified atom stereocenters. The van der Waals surface area contributed by atoms with Gasteiger partial charge in [0.2, 0.25) is 0 Å². The lowest BCUT2D eigenvalue weighted by Crippen LogP contribution is -2.37. The van der Waals surface area contributed by atoms with Crippen LogP contribution in [0.1, 0.15) is 50.5 Å². The summed E-state index contributed by atoms with van der Waals surface area (Å²) in [5.74, 6) is 0.491. The third kappa shape index (κ3) is 4.46. The summed E-state index contributed by atoms with van der Waals surface area (Å²) in [6.45, 7) is 0. The van der Waals surface area contributed by atoms with Crippen LogP contribution in [0.2, 0.25) is 0 Å². The van der Waals surface area contributed by atoms with E-state index in [9.17, 15) is 4.79 Å². The van der Waals surface area contributed by atoms with Crippen molar-refractivity contribution in [3.8, 4) is 0 Å². The van der Waals surface area contributed by atoms with E-state index in [0.717, 1.165) is 18.4 Å². The highest BCUT2D eigenvalue weighted by Gasteiger charge is 2.24. The van der Waals surface area contributed by atoms with Crippen molar-refractivity contribution in [2.75, 3.05) is 0 Å². The molecule has 19 heavy (non-hydrogen) atoms. The number of benzene rings is 1. The first-order valence-electron chi connectivity index (χ1n) is 7.60. The van der Waals surface area contributed by atoms with Gasteiger partial charge in [-0.2, -0.15) is 0 Å². The Hall–Kier alpha value is -1.15. The SMILES string of the molecule is NC(Cc1ccccc1)C(=O)C1CCCCCCC1. The largest absolute Gasteiger partial charge is 0.321 e. The molecule has 1 aromatic carbocycles. The van der Waals surface area contributed by atoms with E-state index < -0.39 is 0 Å². The highest BCUT2D eigenvalue weighted by Crippen LogP contribution is 2.24. The van der Waals surface area contributed by atoms with E-state index in [1.54, 1.807) is 0 Å². The second-order valence-corrected chi connectivity index (χ2v) is 5.74. The minimum absolute atomic E-state index is 0.207. The van der Waals surface area contributed by atoms with Gasteiger partial charge < -0.3 is 5.73 Å². The second-order valence-electron chi connectivity index (χ2n) is 5.74. The van der Waals surface area contributed by atoms with E-state index in [0.29, 0.717) is 6.42 Å². The standard InChI is InChI=1S/C17H25NO/c18-16(13-14-9-5-4-6-10-14)17(19)15-11-7-2-1-3-8-12-15/h4-6,9-10,15-16H,1-3,7-8,11-13,18H2. The van der Waals surface area contributed by atoms with Gasteiger partial charge in [0.05, 0.1) is 6.04 Å². The molecule has 2 N–H and O–H groups in total. The zero-order chi connectivity index (χ0) is 13.5. The van der Waals surface area contributed by atoms with E-state index >= 15 is 0 Å². The second kappa shape index (κ2) is 7.44. The minimum atomic E-state index is -0.327. The Balaban J connectivity index is 1.90. The molecule has 0 spiro atoms. The number of Topliss-reactive ketones (excluding diaryl/α,β-unsaturated/α-hetero) is 1. The van der Waals surface area contributed by atoms with Crippen LogP contribution in [0, 0.1) is 5.92 Å². The van der Waals surface area contributed by atoms with Crippen LogP contribution in [0.4, 0.5) is 0 Å². The van der Waals surface area contributed by atoms with Gasteiger partial charge in [-0.25, -0.2) is 0 Å². The van der Waals surface area contributed by atoms with Crippen LogP contribution in [0.3, 0.4) is 0 Å². The topological polar surface area (TPSA) is 43.1 Å². The Morgan fingerprint density at radius 3 is 2.26 bits per heavy atom. The molecule has 0 aromatic heterocycles. The Morgan fingerprint density at radius 2 is 1.63 bits per heavy atom. The van der Waals surface area contributed by atoms with E-state index in [4.69, 9.17) is 5.73 Å². The fourth-order valence-electron chi connectivity index (χ4n) is 3.01. The van der Waals surface area contributed by atoms with Gasteiger partial charge in [0.1, 0.15) is 0 Å². The van der Waals surface area contributed by atoms with Crippen molar-refractivity contribution >= 4 is 5.78 Å². The van der Waals surface area contributed by atoms with E-state index in [2.05, 4.69) is 0 Å². The first-order valence-corrected chi connectivity index (χ1v) is 7.60. The molecule has 1 aliphatic carbocycles. The molecule has 0 bridgehead atoms. The fraction of sp³-hybridized carbons (Fsp3) is 0.588. The number of hydrogen-bond acceptors (Lipinski definition) is 2. The van der Waals surface area contributed by atoms with Crippen LogP contribution in [0.25, 0.3) is 0 Å². The molecule has 0 saturated heterocycles. The number of carbonyl (C=O) groups is 1. The summed E-state index contributed by atoms with van der Waals surface area (Å²) in [5, 5.41) is 0. The minimum Gasteiger partial charge on any atom is -0.321 e. The number of carbonyl (C=O) groups excluding carboxylic acids is 1. The fourth-order valence-corrected chi connectivity index (χ4v) is 3.01. The molecule has 1 saturated carbocycles. The molecule has 2 nitrogen and oxygen atoms in total. The zero-order valence-corrected chi connectivity index (χ0v) is 11.7. The summed E-state index contributed by atoms with van der Waals surface area (Å²) in [7, 11) is 0. The molecular formula is C17H25NO. The molecule has 2 heteroatoms. The van der Waals surface area contributed by atoms with Crippen LogP contribution >= 0.6 is 0 Å². The molecule has 1 aromatic rings. The molecule has 0 aliphatic heterocycles. The van der Waals surface area contributed by atoms with Crippen LogP contribution < -0.4 is 5.73 Å². The van der Waals surface area contributed by atoms with Gasteiger partial charge in [0.15, 0.2) is 5.78 Å². The first kappa shape index (κ1) is 14.3. The molecule has 1 aliphatic rings. The first-order chi connectivity index (χ1) is 9.27. The predicted octanol–water partition coefficient (Wildman–Crippen LogP) is 3.49. The van der Waals surface area contributed by atoms with Crippen LogP contribution in [0.5, 0.6) is 0 Å². The summed E-state index contributed by atoms with van der Waals surface area (Å²) in [5.41, 5.74) is 7.28. The smallest absolute Gasteiger partial charge is 0.152 e. The quantitative estimate of drug-likeness (QED) is 0.899. The Labute approximate surface area is 116 Å². The zero-order valence-electron chi connectivity index (χ0n) is 11.7. The maximum absolute atomic E-state index is 12.4. The Kier molecular flexibility index (Phi) is 5.59. The normalized spacial score (nSPS) is 19.4. The van der Waals surface area contributed by atoms with Crippen LogP contribution in [-0.4, -0.2) is 11.8 Å². The average molecular weight is 259 g/mol. The molecule has 104 valence electrons.